The first-order valence-corrected chi connectivity index (χ1v) is 7.00. The molecule has 1 N–H and O–H groups in total. The molecule has 1 aromatic rings. The maximum atomic E-state index is 12.7. The van der Waals surface area contributed by atoms with E-state index in [-0.39, 0.29) is 18.5 Å². The normalized spacial score (nSPS) is 20.3. The molecule has 0 radical (unpaired) electrons. The van der Waals surface area contributed by atoms with Crippen LogP contribution in [0, 0.1) is 5.82 Å². The van der Waals surface area contributed by atoms with Crippen molar-refractivity contribution in [3.63, 3.8) is 0 Å². The molecule has 0 aliphatic carbocycles. The number of ether oxygens (including phenoxy) is 2. The third kappa shape index (κ3) is 5.07. The van der Waals surface area contributed by atoms with Crippen LogP contribution in [0.2, 0.25) is 0 Å². The summed E-state index contributed by atoms with van der Waals surface area (Å²) < 4.78 is 23.7. The Bertz CT molecular complexity index is 393. The van der Waals surface area contributed by atoms with Gasteiger partial charge in [-0.05, 0) is 44.2 Å². The zero-order valence-corrected chi connectivity index (χ0v) is 11.8. The van der Waals surface area contributed by atoms with Gasteiger partial charge in [0.25, 0.3) is 0 Å². The average molecular weight is 283 g/mol. The molecule has 1 heterocycles. The second kappa shape index (κ2) is 7.57. The van der Waals surface area contributed by atoms with Gasteiger partial charge in [0, 0.05) is 19.7 Å². The number of aliphatic hydroxyl groups is 1. The van der Waals surface area contributed by atoms with E-state index in [4.69, 9.17) is 9.47 Å². The summed E-state index contributed by atoms with van der Waals surface area (Å²) >= 11 is 0. The summed E-state index contributed by atoms with van der Waals surface area (Å²) in [4.78, 5) is 2.05. The Kier molecular flexibility index (Phi) is 5.76. The minimum Gasteiger partial charge on any atom is -0.491 e. The van der Waals surface area contributed by atoms with E-state index in [2.05, 4.69) is 4.90 Å². The van der Waals surface area contributed by atoms with E-state index in [1.807, 2.05) is 7.05 Å². The van der Waals surface area contributed by atoms with Crippen molar-refractivity contribution < 1.29 is 19.0 Å². The van der Waals surface area contributed by atoms with Gasteiger partial charge in [-0.1, -0.05) is 0 Å². The molecule has 20 heavy (non-hydrogen) atoms. The molecule has 0 saturated carbocycles. The highest BCUT2D eigenvalue weighted by Gasteiger charge is 2.18. The second-order valence-corrected chi connectivity index (χ2v) is 5.27. The van der Waals surface area contributed by atoms with Crippen molar-refractivity contribution in [2.45, 2.75) is 25.0 Å². The van der Waals surface area contributed by atoms with Gasteiger partial charge < -0.3 is 19.5 Å². The molecule has 1 aliphatic rings. The van der Waals surface area contributed by atoms with Crippen LogP contribution in [0.15, 0.2) is 24.3 Å². The summed E-state index contributed by atoms with van der Waals surface area (Å²) in [7, 11) is 1.96. The van der Waals surface area contributed by atoms with Crippen LogP contribution >= 0.6 is 0 Å². The third-order valence-corrected chi connectivity index (χ3v) is 3.32. The smallest absolute Gasteiger partial charge is 0.123 e. The lowest BCUT2D eigenvalue weighted by Gasteiger charge is -2.23. The van der Waals surface area contributed by atoms with Gasteiger partial charge in [-0.2, -0.15) is 0 Å². The Morgan fingerprint density at radius 3 is 2.85 bits per heavy atom. The molecule has 1 aliphatic heterocycles. The molecule has 112 valence electrons. The van der Waals surface area contributed by atoms with Crippen molar-refractivity contribution in [2.24, 2.45) is 0 Å². The molecule has 0 spiro atoms. The lowest BCUT2D eigenvalue weighted by molar-refractivity contribution is 0.0443. The van der Waals surface area contributed by atoms with E-state index in [1.165, 1.54) is 12.1 Å². The molecule has 4 nitrogen and oxygen atoms in total. The number of benzene rings is 1. The fourth-order valence-electron chi connectivity index (χ4n) is 2.35. The molecule has 1 fully saturated rings. The minimum absolute atomic E-state index is 0.196. The first-order chi connectivity index (χ1) is 9.63. The molecule has 0 aromatic heterocycles. The topological polar surface area (TPSA) is 41.9 Å². The van der Waals surface area contributed by atoms with Crippen LogP contribution < -0.4 is 4.74 Å². The number of hydrogen-bond donors (Lipinski definition) is 1. The summed E-state index contributed by atoms with van der Waals surface area (Å²) in [5, 5.41) is 9.93. The van der Waals surface area contributed by atoms with Crippen LogP contribution in [0.3, 0.4) is 0 Å². The lowest BCUT2D eigenvalue weighted by atomic mass is 10.2. The van der Waals surface area contributed by atoms with Gasteiger partial charge in [0.2, 0.25) is 0 Å². The highest BCUT2D eigenvalue weighted by atomic mass is 19.1. The lowest BCUT2D eigenvalue weighted by Crippen LogP contribution is -2.37. The third-order valence-electron chi connectivity index (χ3n) is 3.32. The van der Waals surface area contributed by atoms with Gasteiger partial charge in [0.05, 0.1) is 6.10 Å². The van der Waals surface area contributed by atoms with Crippen molar-refractivity contribution in [1.29, 1.82) is 0 Å². The predicted octanol–water partition coefficient (Wildman–Crippen LogP) is 1.68. The summed E-state index contributed by atoms with van der Waals surface area (Å²) in [6, 6.07) is 5.78. The first-order valence-electron chi connectivity index (χ1n) is 7.00. The van der Waals surface area contributed by atoms with Crippen LogP contribution in [0.25, 0.3) is 0 Å². The summed E-state index contributed by atoms with van der Waals surface area (Å²) in [6.45, 7) is 2.39. The Labute approximate surface area is 119 Å². The van der Waals surface area contributed by atoms with Gasteiger partial charge in [-0.3, -0.25) is 0 Å². The predicted molar refractivity (Wildman–Crippen MR) is 74.4 cm³/mol. The van der Waals surface area contributed by atoms with Crippen molar-refractivity contribution in [1.82, 2.24) is 4.90 Å². The van der Waals surface area contributed by atoms with E-state index >= 15 is 0 Å². The molecule has 0 bridgehead atoms. The van der Waals surface area contributed by atoms with Crippen LogP contribution in [-0.2, 0) is 4.74 Å². The number of halogens is 1. The summed E-state index contributed by atoms with van der Waals surface area (Å²) in [5.74, 6) is 0.265. The number of aliphatic hydroxyl groups excluding tert-OH is 1. The molecule has 1 saturated heterocycles. The van der Waals surface area contributed by atoms with Gasteiger partial charge in [0.15, 0.2) is 0 Å². The summed E-state index contributed by atoms with van der Waals surface area (Å²) in [6.07, 6.45) is 1.91. The number of rotatable bonds is 7. The molecule has 1 aromatic carbocycles. The Morgan fingerprint density at radius 1 is 1.45 bits per heavy atom. The van der Waals surface area contributed by atoms with Crippen LogP contribution in [-0.4, -0.2) is 55.6 Å². The monoisotopic (exact) mass is 283 g/mol. The SMILES string of the molecule is CN(CC(O)COc1ccc(F)cc1)CC1CCCO1. The van der Waals surface area contributed by atoms with Crippen molar-refractivity contribution in [3.8, 4) is 5.75 Å². The molecule has 2 unspecified atom stereocenters. The van der Waals surface area contributed by atoms with Crippen molar-refractivity contribution in [3.05, 3.63) is 30.1 Å². The molecular formula is C15H22FNO3. The Balaban J connectivity index is 1.66. The molecule has 5 heteroatoms. The van der Waals surface area contributed by atoms with E-state index in [0.717, 1.165) is 26.0 Å². The molecular weight excluding hydrogens is 261 g/mol. The van der Waals surface area contributed by atoms with E-state index < -0.39 is 6.10 Å². The number of likely N-dealkylation sites (N-methyl/N-ethyl adjacent to an activating group) is 1. The van der Waals surface area contributed by atoms with Crippen molar-refractivity contribution in [2.75, 3.05) is 33.4 Å². The average Bonchev–Trinajstić information content (AvgIpc) is 2.90. The van der Waals surface area contributed by atoms with Crippen LogP contribution in [0.5, 0.6) is 5.75 Å². The number of nitrogens with zero attached hydrogens (tertiary/aromatic N) is 1. The zero-order chi connectivity index (χ0) is 14.4. The number of hydrogen-bond acceptors (Lipinski definition) is 4. The maximum Gasteiger partial charge on any atom is 0.123 e. The quantitative estimate of drug-likeness (QED) is 0.826. The van der Waals surface area contributed by atoms with E-state index in [1.54, 1.807) is 12.1 Å². The Hall–Kier alpha value is -1.17. The molecule has 0 amide bonds. The maximum absolute atomic E-state index is 12.7. The zero-order valence-electron chi connectivity index (χ0n) is 11.8. The fraction of sp³-hybridized carbons (Fsp3) is 0.600. The van der Waals surface area contributed by atoms with Gasteiger partial charge >= 0.3 is 0 Å². The molecule has 2 rings (SSSR count). The first kappa shape index (κ1) is 15.2. The van der Waals surface area contributed by atoms with Crippen LogP contribution in [0.1, 0.15) is 12.8 Å². The van der Waals surface area contributed by atoms with Gasteiger partial charge in [-0.25, -0.2) is 4.39 Å². The summed E-state index contributed by atoms with van der Waals surface area (Å²) in [5.41, 5.74) is 0. The van der Waals surface area contributed by atoms with E-state index in [0.29, 0.717) is 12.3 Å². The highest BCUT2D eigenvalue weighted by Crippen LogP contribution is 2.13. The van der Waals surface area contributed by atoms with Crippen LogP contribution in [0.4, 0.5) is 4.39 Å². The minimum atomic E-state index is -0.577. The van der Waals surface area contributed by atoms with Gasteiger partial charge in [0.1, 0.15) is 24.3 Å². The largest absolute Gasteiger partial charge is 0.491 e. The van der Waals surface area contributed by atoms with E-state index in [9.17, 15) is 9.50 Å². The molecule has 2 atom stereocenters. The fourth-order valence-corrected chi connectivity index (χ4v) is 2.35. The Morgan fingerprint density at radius 2 is 2.20 bits per heavy atom. The van der Waals surface area contributed by atoms with Crippen molar-refractivity contribution >= 4 is 0 Å². The standard InChI is InChI=1S/C15H22FNO3/c1-17(10-15-3-2-8-19-15)9-13(18)11-20-14-6-4-12(16)5-7-14/h4-7,13,15,18H,2-3,8-11H2,1H3. The van der Waals surface area contributed by atoms with Gasteiger partial charge in [-0.15, -0.1) is 0 Å². The second-order valence-electron chi connectivity index (χ2n) is 5.27. The highest BCUT2D eigenvalue weighted by molar-refractivity contribution is 5.22.